The lowest BCUT2D eigenvalue weighted by atomic mass is 10.2. The van der Waals surface area contributed by atoms with Crippen molar-refractivity contribution in [2.24, 2.45) is 0 Å². The summed E-state index contributed by atoms with van der Waals surface area (Å²) in [4.78, 5) is 46.2. The van der Waals surface area contributed by atoms with Crippen LogP contribution in [-0.2, 0) is 19.1 Å². The van der Waals surface area contributed by atoms with Gasteiger partial charge in [0.05, 0.1) is 6.54 Å². The summed E-state index contributed by atoms with van der Waals surface area (Å²) in [5.74, 6) is -1.26. The Balaban J connectivity index is 1.67. The Kier molecular flexibility index (Phi) is 6.77. The van der Waals surface area contributed by atoms with Crippen LogP contribution in [0.3, 0.4) is 0 Å². The number of hydrogen-bond donors (Lipinski definition) is 3. The summed E-state index contributed by atoms with van der Waals surface area (Å²) < 4.78 is 15.0. The number of fused-ring (bicyclic) bond motifs is 1. The number of rotatable bonds is 8. The van der Waals surface area contributed by atoms with E-state index in [2.05, 4.69) is 16.0 Å². The van der Waals surface area contributed by atoms with E-state index < -0.39 is 30.9 Å². The zero-order valence-electron chi connectivity index (χ0n) is 14.1. The third-order valence-electron chi connectivity index (χ3n) is 3.21. The number of carbonyl (C=O) groups is 4. The Morgan fingerprint density at radius 1 is 1.00 bits per heavy atom. The van der Waals surface area contributed by atoms with Crippen molar-refractivity contribution in [3.63, 3.8) is 0 Å². The first-order chi connectivity index (χ1) is 12.5. The molecule has 0 saturated heterocycles. The monoisotopic (exact) mass is 365 g/mol. The molecule has 0 unspecified atom stereocenters. The number of amides is 3. The molecule has 2 rings (SSSR count). The zero-order chi connectivity index (χ0) is 18.9. The van der Waals surface area contributed by atoms with Gasteiger partial charge in [0, 0.05) is 12.1 Å². The highest BCUT2D eigenvalue weighted by Crippen LogP contribution is 2.32. The van der Waals surface area contributed by atoms with Gasteiger partial charge in [0.2, 0.25) is 12.7 Å². The van der Waals surface area contributed by atoms with Crippen LogP contribution in [0.1, 0.15) is 17.3 Å². The van der Waals surface area contributed by atoms with Crippen LogP contribution in [0.25, 0.3) is 0 Å². The molecule has 1 aromatic rings. The average Bonchev–Trinajstić information content (AvgIpc) is 3.10. The maximum atomic E-state index is 12.0. The first-order valence-corrected chi connectivity index (χ1v) is 7.86. The lowest BCUT2D eigenvalue weighted by Gasteiger charge is -2.08. The van der Waals surface area contributed by atoms with E-state index in [0.29, 0.717) is 23.6 Å². The van der Waals surface area contributed by atoms with Gasteiger partial charge in [-0.25, -0.2) is 0 Å². The second kappa shape index (κ2) is 9.25. The van der Waals surface area contributed by atoms with E-state index in [1.807, 2.05) is 0 Å². The second-order valence-electron chi connectivity index (χ2n) is 5.14. The molecule has 0 aliphatic carbocycles. The summed E-state index contributed by atoms with van der Waals surface area (Å²) in [6.07, 6.45) is 0. The predicted octanol–water partition coefficient (Wildman–Crippen LogP) is -1.06. The molecule has 1 aromatic carbocycles. The average molecular weight is 365 g/mol. The molecule has 10 nitrogen and oxygen atoms in total. The zero-order valence-corrected chi connectivity index (χ0v) is 14.1. The van der Waals surface area contributed by atoms with Crippen molar-refractivity contribution in [1.29, 1.82) is 0 Å². The minimum absolute atomic E-state index is 0.0922. The maximum absolute atomic E-state index is 12.0. The predicted molar refractivity (Wildman–Crippen MR) is 87.6 cm³/mol. The van der Waals surface area contributed by atoms with E-state index in [9.17, 15) is 19.2 Å². The molecule has 1 aliphatic heterocycles. The highest BCUT2D eigenvalue weighted by Gasteiger charge is 2.17. The molecule has 0 saturated carbocycles. The third-order valence-corrected chi connectivity index (χ3v) is 3.21. The molecule has 0 atom stereocenters. The Morgan fingerprint density at radius 3 is 2.54 bits per heavy atom. The number of esters is 1. The third kappa shape index (κ3) is 5.65. The van der Waals surface area contributed by atoms with E-state index in [1.54, 1.807) is 13.0 Å². The molecule has 0 radical (unpaired) electrons. The summed E-state index contributed by atoms with van der Waals surface area (Å²) in [7, 11) is 0. The van der Waals surface area contributed by atoms with Crippen molar-refractivity contribution in [2.45, 2.75) is 6.92 Å². The van der Waals surface area contributed by atoms with E-state index in [1.165, 1.54) is 12.1 Å². The quantitative estimate of drug-likeness (QED) is 0.500. The van der Waals surface area contributed by atoms with Gasteiger partial charge in [0.15, 0.2) is 18.1 Å². The summed E-state index contributed by atoms with van der Waals surface area (Å²) in [5, 5.41) is 7.17. The largest absolute Gasteiger partial charge is 0.454 e. The van der Waals surface area contributed by atoms with Crippen molar-refractivity contribution in [2.75, 3.05) is 33.0 Å². The first-order valence-electron chi connectivity index (χ1n) is 7.86. The summed E-state index contributed by atoms with van der Waals surface area (Å²) >= 11 is 0. The van der Waals surface area contributed by atoms with Crippen LogP contribution in [0, 0.1) is 0 Å². The minimum Gasteiger partial charge on any atom is -0.454 e. The molecule has 3 N–H and O–H groups in total. The van der Waals surface area contributed by atoms with E-state index in [-0.39, 0.29) is 19.2 Å². The van der Waals surface area contributed by atoms with Gasteiger partial charge in [-0.3, -0.25) is 19.2 Å². The molecule has 10 heteroatoms. The summed E-state index contributed by atoms with van der Waals surface area (Å²) in [6.45, 7) is 1.14. The van der Waals surface area contributed by atoms with Crippen molar-refractivity contribution in [3.05, 3.63) is 23.8 Å². The summed E-state index contributed by atoms with van der Waals surface area (Å²) in [5.41, 5.74) is 0.293. The highest BCUT2D eigenvalue weighted by atomic mass is 16.7. The van der Waals surface area contributed by atoms with E-state index in [4.69, 9.17) is 14.2 Å². The molecule has 140 valence electrons. The van der Waals surface area contributed by atoms with Gasteiger partial charge in [-0.1, -0.05) is 0 Å². The van der Waals surface area contributed by atoms with E-state index >= 15 is 0 Å². The number of nitrogens with one attached hydrogen (secondary N) is 3. The van der Waals surface area contributed by atoms with Crippen molar-refractivity contribution in [3.8, 4) is 11.5 Å². The number of benzene rings is 1. The Morgan fingerprint density at radius 2 is 1.77 bits per heavy atom. The molecule has 0 fully saturated rings. The Hall–Kier alpha value is -3.30. The van der Waals surface area contributed by atoms with Gasteiger partial charge in [-0.15, -0.1) is 0 Å². The van der Waals surface area contributed by atoms with Crippen LogP contribution in [0.15, 0.2) is 18.2 Å². The molecule has 1 heterocycles. The van der Waals surface area contributed by atoms with E-state index in [0.717, 1.165) is 0 Å². The Bertz CT molecular complexity index is 705. The molecule has 0 spiro atoms. The Labute approximate surface area is 149 Å². The fourth-order valence-electron chi connectivity index (χ4n) is 1.98. The lowest BCUT2D eigenvalue weighted by molar-refractivity contribution is -0.147. The SMILES string of the molecule is CCNC(=O)CNC(=O)COC(=O)CNC(=O)c1ccc2c(c1)OCO2. The molecular weight excluding hydrogens is 346 g/mol. The van der Waals surface area contributed by atoms with Crippen LogP contribution in [0.5, 0.6) is 11.5 Å². The second-order valence-corrected chi connectivity index (χ2v) is 5.14. The fourth-order valence-corrected chi connectivity index (χ4v) is 1.98. The maximum Gasteiger partial charge on any atom is 0.325 e. The normalized spacial score (nSPS) is 11.4. The highest BCUT2D eigenvalue weighted by molar-refractivity contribution is 5.96. The standard InChI is InChI=1S/C16H19N3O7/c1-2-17-13(20)6-18-14(21)8-24-15(22)7-19-16(23)10-3-4-11-12(5-10)26-9-25-11/h3-5H,2,6-9H2,1H3,(H,17,20)(H,18,21)(H,19,23). The van der Waals surface area contributed by atoms with Crippen LogP contribution >= 0.6 is 0 Å². The van der Waals surface area contributed by atoms with Gasteiger partial charge in [-0.05, 0) is 25.1 Å². The number of hydrogen-bond acceptors (Lipinski definition) is 7. The summed E-state index contributed by atoms with van der Waals surface area (Å²) in [6, 6.07) is 4.62. The fraction of sp³-hybridized carbons (Fsp3) is 0.375. The van der Waals surface area contributed by atoms with Gasteiger partial charge in [0.1, 0.15) is 6.54 Å². The number of ether oxygens (including phenoxy) is 3. The van der Waals surface area contributed by atoms with Gasteiger partial charge < -0.3 is 30.2 Å². The number of likely N-dealkylation sites (N-methyl/N-ethyl adjacent to an activating group) is 1. The lowest BCUT2D eigenvalue weighted by Crippen LogP contribution is -2.39. The van der Waals surface area contributed by atoms with Crippen LogP contribution in [0.2, 0.25) is 0 Å². The molecule has 26 heavy (non-hydrogen) atoms. The van der Waals surface area contributed by atoms with Crippen molar-refractivity contribution >= 4 is 23.7 Å². The van der Waals surface area contributed by atoms with Crippen LogP contribution in [0.4, 0.5) is 0 Å². The topological polar surface area (TPSA) is 132 Å². The van der Waals surface area contributed by atoms with Gasteiger partial charge in [0.25, 0.3) is 11.8 Å². The number of carbonyl (C=O) groups excluding carboxylic acids is 4. The smallest absolute Gasteiger partial charge is 0.325 e. The molecule has 0 aromatic heterocycles. The van der Waals surface area contributed by atoms with Crippen molar-refractivity contribution in [1.82, 2.24) is 16.0 Å². The van der Waals surface area contributed by atoms with Crippen LogP contribution in [-0.4, -0.2) is 56.7 Å². The molecule has 1 aliphatic rings. The molecule has 0 bridgehead atoms. The van der Waals surface area contributed by atoms with Crippen molar-refractivity contribution < 1.29 is 33.4 Å². The molecule has 3 amide bonds. The molecular formula is C16H19N3O7. The van der Waals surface area contributed by atoms with Crippen LogP contribution < -0.4 is 25.4 Å². The van der Waals surface area contributed by atoms with Gasteiger partial charge in [-0.2, -0.15) is 0 Å². The van der Waals surface area contributed by atoms with Gasteiger partial charge >= 0.3 is 5.97 Å². The minimum atomic E-state index is -0.785. The first kappa shape index (κ1) is 19.0.